The number of likely N-dealkylation sites (tertiary alicyclic amines) is 1. The molecule has 31 heavy (non-hydrogen) atoms. The number of nitrogens with one attached hydrogen (secondary N) is 1. The Balaban J connectivity index is 1.64. The smallest absolute Gasteiger partial charge is 0.310 e. The number of aryl methyl sites for hydroxylation is 1. The average molecular weight is 454 g/mol. The van der Waals surface area contributed by atoms with Gasteiger partial charge in [-0.1, -0.05) is 6.07 Å². The highest BCUT2D eigenvalue weighted by Crippen LogP contribution is 2.24. The predicted molar refractivity (Wildman–Crippen MR) is 115 cm³/mol. The molecule has 0 aromatic heterocycles. The molecule has 0 saturated carbocycles. The third kappa shape index (κ3) is 6.03. The van der Waals surface area contributed by atoms with Crippen molar-refractivity contribution in [2.45, 2.75) is 31.6 Å². The number of ether oxygens (including phenoxy) is 2. The van der Waals surface area contributed by atoms with E-state index in [0.29, 0.717) is 45.1 Å². The molecule has 0 radical (unpaired) electrons. The van der Waals surface area contributed by atoms with Gasteiger partial charge in [-0.2, -0.15) is 4.31 Å². The standard InChI is InChI=1S/C21H31N3O6S/c1-3-30-21(26)17-5-4-8-23(14-17)15-20(25)22-19-13-18(7-6-16(19)2)31(27,28)24-9-11-29-12-10-24/h6-7,13,17H,3-5,8-12,14-15H2,1-2H3,(H,22,25). The lowest BCUT2D eigenvalue weighted by Crippen LogP contribution is -2.43. The van der Waals surface area contributed by atoms with Crippen LogP contribution >= 0.6 is 0 Å². The lowest BCUT2D eigenvalue weighted by atomic mass is 9.98. The molecule has 9 nitrogen and oxygen atoms in total. The average Bonchev–Trinajstić information content (AvgIpc) is 2.76. The van der Waals surface area contributed by atoms with Crippen molar-refractivity contribution in [2.75, 3.05) is 57.9 Å². The number of nitrogens with zero attached hydrogens (tertiary/aromatic N) is 2. The molecule has 1 unspecified atom stereocenters. The van der Waals surface area contributed by atoms with E-state index in [1.54, 1.807) is 19.1 Å². The molecule has 1 N–H and O–H groups in total. The number of rotatable bonds is 7. The van der Waals surface area contributed by atoms with Crippen LogP contribution in [0.15, 0.2) is 23.1 Å². The van der Waals surface area contributed by atoms with E-state index in [2.05, 4.69) is 5.32 Å². The molecule has 2 aliphatic rings. The number of piperidine rings is 1. The van der Waals surface area contributed by atoms with Crippen LogP contribution in [0.25, 0.3) is 0 Å². The minimum absolute atomic E-state index is 0.135. The Labute approximate surface area is 183 Å². The number of amides is 1. The first-order valence-electron chi connectivity index (χ1n) is 10.7. The van der Waals surface area contributed by atoms with E-state index < -0.39 is 10.0 Å². The molecular weight excluding hydrogens is 422 g/mol. The van der Waals surface area contributed by atoms with Crippen LogP contribution in [-0.4, -0.2) is 82.0 Å². The Kier molecular flexibility index (Phi) is 8.04. The van der Waals surface area contributed by atoms with Crippen LogP contribution in [0.4, 0.5) is 5.69 Å². The van der Waals surface area contributed by atoms with Crippen LogP contribution in [0.2, 0.25) is 0 Å². The number of anilines is 1. The number of carbonyl (C=O) groups excluding carboxylic acids is 2. The molecule has 0 aliphatic carbocycles. The molecule has 2 heterocycles. The number of hydrogen-bond donors (Lipinski definition) is 1. The summed E-state index contributed by atoms with van der Waals surface area (Å²) in [6.07, 6.45) is 1.58. The van der Waals surface area contributed by atoms with Crippen molar-refractivity contribution in [2.24, 2.45) is 5.92 Å². The van der Waals surface area contributed by atoms with Crippen molar-refractivity contribution in [3.8, 4) is 0 Å². The van der Waals surface area contributed by atoms with Crippen LogP contribution in [0, 0.1) is 12.8 Å². The van der Waals surface area contributed by atoms with Gasteiger partial charge >= 0.3 is 5.97 Å². The van der Waals surface area contributed by atoms with Gasteiger partial charge in [0.05, 0.1) is 37.2 Å². The third-order valence-corrected chi connectivity index (χ3v) is 7.48. The van der Waals surface area contributed by atoms with E-state index in [1.165, 1.54) is 10.4 Å². The van der Waals surface area contributed by atoms with Crippen molar-refractivity contribution in [1.82, 2.24) is 9.21 Å². The molecule has 3 rings (SSSR count). The van der Waals surface area contributed by atoms with Gasteiger partial charge in [0.25, 0.3) is 0 Å². The van der Waals surface area contributed by atoms with E-state index in [1.807, 2.05) is 11.8 Å². The Hall–Kier alpha value is -2.01. The molecule has 2 aliphatic heterocycles. The highest BCUT2D eigenvalue weighted by molar-refractivity contribution is 7.89. The van der Waals surface area contributed by atoms with Crippen LogP contribution in [-0.2, 0) is 29.1 Å². The third-order valence-electron chi connectivity index (χ3n) is 5.58. The minimum atomic E-state index is -3.65. The van der Waals surface area contributed by atoms with Crippen molar-refractivity contribution in [3.63, 3.8) is 0 Å². The van der Waals surface area contributed by atoms with Gasteiger partial charge in [0.1, 0.15) is 0 Å². The van der Waals surface area contributed by atoms with E-state index in [-0.39, 0.29) is 29.2 Å². The summed E-state index contributed by atoms with van der Waals surface area (Å²) >= 11 is 0. The van der Waals surface area contributed by atoms with Gasteiger partial charge in [-0.05, 0) is 50.9 Å². The van der Waals surface area contributed by atoms with Crippen molar-refractivity contribution in [3.05, 3.63) is 23.8 Å². The largest absolute Gasteiger partial charge is 0.466 e. The highest BCUT2D eigenvalue weighted by atomic mass is 32.2. The van der Waals surface area contributed by atoms with Crippen LogP contribution < -0.4 is 5.32 Å². The van der Waals surface area contributed by atoms with Crippen LogP contribution in [0.5, 0.6) is 0 Å². The van der Waals surface area contributed by atoms with Crippen LogP contribution in [0.3, 0.4) is 0 Å². The minimum Gasteiger partial charge on any atom is -0.466 e. The van der Waals surface area contributed by atoms with Crippen molar-refractivity contribution in [1.29, 1.82) is 0 Å². The van der Waals surface area contributed by atoms with Crippen LogP contribution in [0.1, 0.15) is 25.3 Å². The SMILES string of the molecule is CCOC(=O)C1CCCN(CC(=O)Nc2cc(S(=O)(=O)N3CCOCC3)ccc2C)C1. The molecule has 1 aromatic rings. The molecule has 2 fully saturated rings. The summed E-state index contributed by atoms with van der Waals surface area (Å²) in [5, 5.41) is 2.84. The molecule has 0 bridgehead atoms. The van der Waals surface area contributed by atoms with Gasteiger partial charge in [-0.15, -0.1) is 0 Å². The first-order chi connectivity index (χ1) is 14.8. The molecule has 1 atom stereocenters. The first kappa shape index (κ1) is 23.6. The Morgan fingerprint density at radius 2 is 1.97 bits per heavy atom. The predicted octanol–water partition coefficient (Wildman–Crippen LogP) is 1.23. The summed E-state index contributed by atoms with van der Waals surface area (Å²) < 4.78 is 37.6. The fraction of sp³-hybridized carbons (Fsp3) is 0.619. The lowest BCUT2D eigenvalue weighted by molar-refractivity contribution is -0.150. The van der Waals surface area contributed by atoms with Gasteiger partial charge in [0.15, 0.2) is 0 Å². The zero-order valence-electron chi connectivity index (χ0n) is 18.1. The summed E-state index contributed by atoms with van der Waals surface area (Å²) in [6.45, 7) is 6.66. The summed E-state index contributed by atoms with van der Waals surface area (Å²) in [5.74, 6) is -0.678. The maximum absolute atomic E-state index is 12.9. The van der Waals surface area contributed by atoms with Gasteiger partial charge in [0.2, 0.25) is 15.9 Å². The summed E-state index contributed by atoms with van der Waals surface area (Å²) in [4.78, 5) is 26.7. The molecular formula is C21H31N3O6S. The zero-order valence-corrected chi connectivity index (χ0v) is 18.9. The second kappa shape index (κ2) is 10.5. The van der Waals surface area contributed by atoms with Crippen molar-refractivity contribution < 1.29 is 27.5 Å². The molecule has 172 valence electrons. The normalized spacial score (nSPS) is 20.9. The van der Waals surface area contributed by atoms with Gasteiger partial charge in [0, 0.05) is 25.3 Å². The monoisotopic (exact) mass is 453 g/mol. The summed E-state index contributed by atoms with van der Waals surface area (Å²) in [7, 11) is -3.65. The molecule has 0 spiro atoms. The Bertz CT molecular complexity index is 898. The Morgan fingerprint density at radius 1 is 1.23 bits per heavy atom. The summed E-state index contributed by atoms with van der Waals surface area (Å²) in [5.41, 5.74) is 1.25. The van der Waals surface area contributed by atoms with E-state index in [0.717, 1.165) is 24.9 Å². The van der Waals surface area contributed by atoms with E-state index >= 15 is 0 Å². The Morgan fingerprint density at radius 3 is 2.68 bits per heavy atom. The van der Waals surface area contributed by atoms with Gasteiger partial charge < -0.3 is 14.8 Å². The molecule has 2 saturated heterocycles. The number of sulfonamides is 1. The number of esters is 1. The molecule has 1 aromatic carbocycles. The topological polar surface area (TPSA) is 105 Å². The van der Waals surface area contributed by atoms with Gasteiger partial charge in [-0.3, -0.25) is 14.5 Å². The number of benzene rings is 1. The van der Waals surface area contributed by atoms with Gasteiger partial charge in [-0.25, -0.2) is 8.42 Å². The van der Waals surface area contributed by atoms with E-state index in [9.17, 15) is 18.0 Å². The maximum atomic E-state index is 12.9. The molecule has 10 heteroatoms. The highest BCUT2D eigenvalue weighted by Gasteiger charge is 2.29. The quantitative estimate of drug-likeness (QED) is 0.619. The second-order valence-corrected chi connectivity index (χ2v) is 9.81. The maximum Gasteiger partial charge on any atom is 0.310 e. The molecule has 1 amide bonds. The number of hydrogen-bond acceptors (Lipinski definition) is 7. The number of morpholine rings is 1. The number of carbonyl (C=O) groups is 2. The summed E-state index contributed by atoms with van der Waals surface area (Å²) in [6, 6.07) is 4.76. The first-order valence-corrected chi connectivity index (χ1v) is 12.1. The lowest BCUT2D eigenvalue weighted by Gasteiger charge is -2.31. The fourth-order valence-corrected chi connectivity index (χ4v) is 5.31. The second-order valence-electron chi connectivity index (χ2n) is 7.87. The van der Waals surface area contributed by atoms with Crippen molar-refractivity contribution >= 4 is 27.6 Å². The zero-order chi connectivity index (χ0) is 22.4. The fourth-order valence-electron chi connectivity index (χ4n) is 3.88. The van der Waals surface area contributed by atoms with E-state index in [4.69, 9.17) is 9.47 Å².